The van der Waals surface area contributed by atoms with E-state index in [0.29, 0.717) is 13.2 Å². The fourth-order valence-corrected chi connectivity index (χ4v) is 2.31. The summed E-state index contributed by atoms with van der Waals surface area (Å²) >= 11 is 3.53. The Balaban J connectivity index is 2.10. The number of halogens is 1. The molecule has 0 spiro atoms. The molecule has 0 radical (unpaired) electrons. The van der Waals surface area contributed by atoms with E-state index in [1.54, 1.807) is 19.2 Å². The minimum Gasteiger partial charge on any atom is -0.508 e. The predicted molar refractivity (Wildman–Crippen MR) is 80.3 cm³/mol. The van der Waals surface area contributed by atoms with Crippen LogP contribution in [0.25, 0.3) is 0 Å². The Morgan fingerprint density at radius 1 is 1.16 bits per heavy atom. The maximum Gasteiger partial charge on any atom is 0.115 e. The second kappa shape index (κ2) is 6.59. The number of aromatic hydroxyl groups is 1. The van der Waals surface area contributed by atoms with Crippen molar-refractivity contribution in [3.05, 3.63) is 58.1 Å². The van der Waals surface area contributed by atoms with Gasteiger partial charge in [0.05, 0.1) is 6.61 Å². The van der Waals surface area contributed by atoms with Crippen LogP contribution < -0.4 is 5.32 Å². The van der Waals surface area contributed by atoms with Gasteiger partial charge in [0.25, 0.3) is 0 Å². The Bertz CT molecular complexity index is 540. The zero-order valence-electron chi connectivity index (χ0n) is 10.7. The van der Waals surface area contributed by atoms with Crippen LogP contribution in [0.1, 0.15) is 11.1 Å². The molecule has 0 amide bonds. The standard InChI is InChI=1S/C15H16BrNO2/c1-19-10-13-14(16)3-2-4-15(13)17-9-11-5-7-12(18)8-6-11/h2-8,17-18H,9-10H2,1H3. The summed E-state index contributed by atoms with van der Waals surface area (Å²) in [5.74, 6) is 0.284. The average Bonchev–Trinajstić information content (AvgIpc) is 2.41. The van der Waals surface area contributed by atoms with Gasteiger partial charge in [0, 0.05) is 29.4 Å². The van der Waals surface area contributed by atoms with Crippen molar-refractivity contribution >= 4 is 21.6 Å². The van der Waals surface area contributed by atoms with Crippen molar-refractivity contribution in [3.63, 3.8) is 0 Å². The van der Waals surface area contributed by atoms with Gasteiger partial charge in [0.2, 0.25) is 0 Å². The summed E-state index contributed by atoms with van der Waals surface area (Å²) < 4.78 is 6.25. The monoisotopic (exact) mass is 321 g/mol. The Morgan fingerprint density at radius 3 is 2.58 bits per heavy atom. The van der Waals surface area contributed by atoms with Gasteiger partial charge in [-0.3, -0.25) is 0 Å². The molecule has 0 aromatic heterocycles. The number of rotatable bonds is 5. The minimum atomic E-state index is 0.284. The van der Waals surface area contributed by atoms with Gasteiger partial charge in [0.15, 0.2) is 0 Å². The number of phenols is 1. The number of anilines is 1. The predicted octanol–water partition coefficient (Wildman–Crippen LogP) is 3.91. The summed E-state index contributed by atoms with van der Waals surface area (Å²) in [7, 11) is 1.68. The first-order chi connectivity index (χ1) is 9.20. The summed E-state index contributed by atoms with van der Waals surface area (Å²) in [4.78, 5) is 0. The molecule has 0 heterocycles. The number of methoxy groups -OCH3 is 1. The van der Waals surface area contributed by atoms with E-state index in [9.17, 15) is 5.11 Å². The zero-order chi connectivity index (χ0) is 13.7. The lowest BCUT2D eigenvalue weighted by atomic mass is 10.1. The molecule has 0 aliphatic carbocycles. The lowest BCUT2D eigenvalue weighted by molar-refractivity contribution is 0.185. The van der Waals surface area contributed by atoms with E-state index < -0.39 is 0 Å². The highest BCUT2D eigenvalue weighted by Crippen LogP contribution is 2.26. The van der Waals surface area contributed by atoms with E-state index in [1.807, 2.05) is 30.3 Å². The molecule has 0 aliphatic rings. The van der Waals surface area contributed by atoms with E-state index in [-0.39, 0.29) is 5.75 Å². The number of nitrogens with one attached hydrogen (secondary N) is 1. The molecule has 0 aliphatic heterocycles. The van der Waals surface area contributed by atoms with Crippen LogP contribution in [0.3, 0.4) is 0 Å². The van der Waals surface area contributed by atoms with Crippen molar-refractivity contribution in [1.29, 1.82) is 0 Å². The smallest absolute Gasteiger partial charge is 0.115 e. The van der Waals surface area contributed by atoms with Crippen LogP contribution >= 0.6 is 15.9 Å². The number of hydrogen-bond acceptors (Lipinski definition) is 3. The van der Waals surface area contributed by atoms with E-state index in [4.69, 9.17) is 4.74 Å². The molecular formula is C15H16BrNO2. The van der Waals surface area contributed by atoms with Crippen LogP contribution in [-0.2, 0) is 17.9 Å². The van der Waals surface area contributed by atoms with Gasteiger partial charge >= 0.3 is 0 Å². The number of hydrogen-bond donors (Lipinski definition) is 2. The Morgan fingerprint density at radius 2 is 1.89 bits per heavy atom. The Labute approximate surface area is 121 Å². The molecule has 3 nitrogen and oxygen atoms in total. The van der Waals surface area contributed by atoms with Crippen molar-refractivity contribution in [1.82, 2.24) is 0 Å². The van der Waals surface area contributed by atoms with Crippen molar-refractivity contribution in [3.8, 4) is 5.75 Å². The summed E-state index contributed by atoms with van der Waals surface area (Å²) in [5, 5.41) is 12.6. The van der Waals surface area contributed by atoms with Gasteiger partial charge in [-0.1, -0.05) is 34.1 Å². The van der Waals surface area contributed by atoms with Gasteiger partial charge in [-0.2, -0.15) is 0 Å². The Hall–Kier alpha value is -1.52. The molecule has 0 unspecified atom stereocenters. The van der Waals surface area contributed by atoms with Crippen LogP contribution in [-0.4, -0.2) is 12.2 Å². The lowest BCUT2D eigenvalue weighted by Crippen LogP contribution is -2.03. The molecule has 2 rings (SSSR count). The minimum absolute atomic E-state index is 0.284. The maximum atomic E-state index is 9.25. The van der Waals surface area contributed by atoms with Gasteiger partial charge in [-0.15, -0.1) is 0 Å². The van der Waals surface area contributed by atoms with E-state index in [2.05, 4.69) is 21.2 Å². The molecule has 0 fully saturated rings. The van der Waals surface area contributed by atoms with Crippen molar-refractivity contribution in [2.75, 3.05) is 12.4 Å². The van der Waals surface area contributed by atoms with Crippen LogP contribution in [0.15, 0.2) is 46.9 Å². The van der Waals surface area contributed by atoms with E-state index in [1.165, 1.54) is 0 Å². The van der Waals surface area contributed by atoms with Crippen LogP contribution in [0, 0.1) is 0 Å². The number of ether oxygens (including phenoxy) is 1. The highest BCUT2D eigenvalue weighted by Gasteiger charge is 2.06. The molecule has 2 N–H and O–H groups in total. The number of phenolic OH excluding ortho intramolecular Hbond substituents is 1. The molecule has 4 heteroatoms. The van der Waals surface area contributed by atoms with Crippen molar-refractivity contribution < 1.29 is 9.84 Å². The third kappa shape index (κ3) is 3.72. The van der Waals surface area contributed by atoms with Crippen molar-refractivity contribution in [2.24, 2.45) is 0 Å². The molecule has 0 saturated heterocycles. The van der Waals surface area contributed by atoms with Crippen LogP contribution in [0.2, 0.25) is 0 Å². The van der Waals surface area contributed by atoms with Gasteiger partial charge in [-0.05, 0) is 29.8 Å². The largest absolute Gasteiger partial charge is 0.508 e. The van der Waals surface area contributed by atoms with Gasteiger partial charge < -0.3 is 15.2 Å². The average molecular weight is 322 g/mol. The fourth-order valence-electron chi connectivity index (χ4n) is 1.83. The Kier molecular flexibility index (Phi) is 4.82. The van der Waals surface area contributed by atoms with Crippen molar-refractivity contribution in [2.45, 2.75) is 13.2 Å². The van der Waals surface area contributed by atoms with Crippen LogP contribution in [0.5, 0.6) is 5.75 Å². The summed E-state index contributed by atoms with van der Waals surface area (Å²) in [5.41, 5.74) is 3.26. The maximum absolute atomic E-state index is 9.25. The van der Waals surface area contributed by atoms with Gasteiger partial charge in [0.1, 0.15) is 5.75 Å². The molecule has 2 aromatic carbocycles. The summed E-state index contributed by atoms with van der Waals surface area (Å²) in [6.45, 7) is 1.26. The SMILES string of the molecule is COCc1c(Br)cccc1NCc1ccc(O)cc1. The van der Waals surface area contributed by atoms with Gasteiger partial charge in [-0.25, -0.2) is 0 Å². The lowest BCUT2D eigenvalue weighted by Gasteiger charge is -2.13. The third-order valence-electron chi connectivity index (χ3n) is 2.83. The molecule has 19 heavy (non-hydrogen) atoms. The molecule has 0 atom stereocenters. The van der Waals surface area contributed by atoms with Crippen LogP contribution in [0.4, 0.5) is 5.69 Å². The zero-order valence-corrected chi connectivity index (χ0v) is 12.3. The summed E-state index contributed by atoms with van der Waals surface area (Å²) in [6, 6.07) is 13.2. The first-order valence-electron chi connectivity index (χ1n) is 5.99. The molecule has 100 valence electrons. The normalized spacial score (nSPS) is 10.4. The number of benzene rings is 2. The second-order valence-electron chi connectivity index (χ2n) is 4.22. The highest BCUT2D eigenvalue weighted by molar-refractivity contribution is 9.10. The molecule has 2 aromatic rings. The third-order valence-corrected chi connectivity index (χ3v) is 3.57. The quantitative estimate of drug-likeness (QED) is 0.877. The van der Waals surface area contributed by atoms with E-state index in [0.717, 1.165) is 21.3 Å². The summed E-state index contributed by atoms with van der Waals surface area (Å²) in [6.07, 6.45) is 0. The molecule has 0 bridgehead atoms. The molecule has 0 saturated carbocycles. The van der Waals surface area contributed by atoms with E-state index >= 15 is 0 Å². The molecular weight excluding hydrogens is 306 g/mol. The topological polar surface area (TPSA) is 41.5 Å². The second-order valence-corrected chi connectivity index (χ2v) is 5.07. The first kappa shape index (κ1) is 13.9. The first-order valence-corrected chi connectivity index (χ1v) is 6.78. The highest BCUT2D eigenvalue weighted by atomic mass is 79.9. The fraction of sp³-hybridized carbons (Fsp3) is 0.200.